The van der Waals surface area contributed by atoms with E-state index in [4.69, 9.17) is 11.1 Å². The van der Waals surface area contributed by atoms with Gasteiger partial charge in [-0.05, 0) is 19.9 Å². The topological polar surface area (TPSA) is 98.3 Å². The van der Waals surface area contributed by atoms with Gasteiger partial charge in [0.2, 0.25) is 5.16 Å². The van der Waals surface area contributed by atoms with Crippen molar-refractivity contribution in [2.75, 3.05) is 11.6 Å². The van der Waals surface area contributed by atoms with Crippen molar-refractivity contribution in [1.29, 1.82) is 5.26 Å². The molecule has 2 N–H and O–H groups in total. The van der Waals surface area contributed by atoms with Gasteiger partial charge in [0.15, 0.2) is 0 Å². The molecule has 0 bridgehead atoms. The molecular formula is C9H11N7S. The Morgan fingerprint density at radius 3 is 2.82 bits per heavy atom. The van der Waals surface area contributed by atoms with Crippen LogP contribution in [0.5, 0.6) is 0 Å². The number of nitrogens with two attached hydrogens (primary N) is 1. The molecule has 0 radical (unpaired) electrons. The van der Waals surface area contributed by atoms with E-state index in [-0.39, 0.29) is 5.75 Å². The predicted molar refractivity (Wildman–Crippen MR) is 63.1 cm³/mol. The van der Waals surface area contributed by atoms with Crippen LogP contribution in [-0.4, -0.2) is 30.4 Å². The molecule has 0 aliphatic rings. The number of aryl methyl sites for hydroxylation is 2. The number of rotatable bonds is 3. The standard InChI is InChI=1S/C9H11N7S/c1-6-5-7(2)16(14-6)8-12-13-9(15(8)11)17-4-3-10/h5H,4,11H2,1-2H3. The van der Waals surface area contributed by atoms with Crippen molar-refractivity contribution >= 4 is 11.8 Å². The Balaban J connectivity index is 2.38. The number of thioether (sulfide) groups is 1. The molecule has 88 valence electrons. The van der Waals surface area contributed by atoms with Gasteiger partial charge in [0.05, 0.1) is 17.5 Å². The molecule has 2 heterocycles. The number of nitrogens with zero attached hydrogens (tertiary/aromatic N) is 6. The highest BCUT2D eigenvalue weighted by Gasteiger charge is 2.14. The molecule has 2 aromatic rings. The van der Waals surface area contributed by atoms with Crippen LogP contribution in [0.2, 0.25) is 0 Å². The van der Waals surface area contributed by atoms with Gasteiger partial charge in [0.1, 0.15) is 0 Å². The minimum absolute atomic E-state index is 0.284. The molecule has 0 saturated heterocycles. The number of aromatic nitrogens is 5. The first-order valence-corrected chi connectivity index (χ1v) is 5.86. The molecule has 8 heteroatoms. The van der Waals surface area contributed by atoms with E-state index in [9.17, 15) is 0 Å². The van der Waals surface area contributed by atoms with Gasteiger partial charge >= 0.3 is 0 Å². The van der Waals surface area contributed by atoms with Crippen LogP contribution in [-0.2, 0) is 0 Å². The summed E-state index contributed by atoms with van der Waals surface area (Å²) in [7, 11) is 0. The fraction of sp³-hybridized carbons (Fsp3) is 0.333. The van der Waals surface area contributed by atoms with Gasteiger partial charge in [0.25, 0.3) is 5.95 Å². The summed E-state index contributed by atoms with van der Waals surface area (Å²) in [6, 6.07) is 3.94. The zero-order chi connectivity index (χ0) is 12.4. The van der Waals surface area contributed by atoms with Crippen molar-refractivity contribution in [1.82, 2.24) is 24.7 Å². The highest BCUT2D eigenvalue weighted by molar-refractivity contribution is 7.99. The average Bonchev–Trinajstić information content (AvgIpc) is 2.79. The average molecular weight is 249 g/mol. The smallest absolute Gasteiger partial charge is 0.271 e. The summed E-state index contributed by atoms with van der Waals surface area (Å²) in [5.74, 6) is 6.58. The summed E-state index contributed by atoms with van der Waals surface area (Å²) in [6.07, 6.45) is 0. The van der Waals surface area contributed by atoms with E-state index in [1.807, 2.05) is 26.0 Å². The largest absolute Gasteiger partial charge is 0.334 e. The molecule has 0 saturated carbocycles. The summed E-state index contributed by atoms with van der Waals surface area (Å²) >= 11 is 1.24. The lowest BCUT2D eigenvalue weighted by Crippen LogP contribution is -2.17. The summed E-state index contributed by atoms with van der Waals surface area (Å²) in [5.41, 5.74) is 1.81. The van der Waals surface area contributed by atoms with Gasteiger partial charge in [-0.15, -0.1) is 10.2 Å². The molecular weight excluding hydrogens is 238 g/mol. The summed E-state index contributed by atoms with van der Waals surface area (Å²) in [5, 5.41) is 21.2. The minimum Gasteiger partial charge on any atom is -0.334 e. The van der Waals surface area contributed by atoms with Gasteiger partial charge in [-0.1, -0.05) is 11.8 Å². The van der Waals surface area contributed by atoms with Crippen molar-refractivity contribution in [3.63, 3.8) is 0 Å². The van der Waals surface area contributed by atoms with Crippen molar-refractivity contribution in [3.05, 3.63) is 17.5 Å². The van der Waals surface area contributed by atoms with E-state index in [1.54, 1.807) is 4.68 Å². The third-order valence-electron chi connectivity index (χ3n) is 2.11. The summed E-state index contributed by atoms with van der Waals surface area (Å²) in [6.45, 7) is 3.81. The Morgan fingerprint density at radius 1 is 1.47 bits per heavy atom. The lowest BCUT2D eigenvalue weighted by molar-refractivity contribution is 0.727. The third-order valence-corrected chi connectivity index (χ3v) is 2.92. The Hall–Kier alpha value is -2.01. The van der Waals surface area contributed by atoms with Crippen LogP contribution in [0.25, 0.3) is 5.95 Å². The van der Waals surface area contributed by atoms with Gasteiger partial charge in [-0.3, -0.25) is 0 Å². The van der Waals surface area contributed by atoms with E-state index < -0.39 is 0 Å². The van der Waals surface area contributed by atoms with Crippen LogP contribution in [0.4, 0.5) is 0 Å². The fourth-order valence-corrected chi connectivity index (χ4v) is 1.95. The second-order valence-corrected chi connectivity index (χ2v) is 4.38. The van der Waals surface area contributed by atoms with Gasteiger partial charge in [-0.2, -0.15) is 10.4 Å². The Labute approximate surface area is 102 Å². The fourth-order valence-electron chi connectivity index (χ4n) is 1.44. The molecule has 0 atom stereocenters. The molecule has 0 aliphatic carbocycles. The molecule has 2 aromatic heterocycles. The highest BCUT2D eigenvalue weighted by atomic mass is 32.2. The Bertz CT molecular complexity index is 577. The SMILES string of the molecule is Cc1cc(C)n(-c2nnc(SCC#N)n2N)n1. The second-order valence-electron chi connectivity index (χ2n) is 3.44. The van der Waals surface area contributed by atoms with Crippen molar-refractivity contribution in [3.8, 4) is 12.0 Å². The maximum absolute atomic E-state index is 8.50. The first kappa shape index (κ1) is 11.5. The molecule has 0 aromatic carbocycles. The molecule has 0 unspecified atom stereocenters. The quantitative estimate of drug-likeness (QED) is 0.625. The molecule has 7 nitrogen and oxygen atoms in total. The third kappa shape index (κ3) is 2.09. The first-order valence-electron chi connectivity index (χ1n) is 4.87. The summed E-state index contributed by atoms with van der Waals surface area (Å²) in [4.78, 5) is 0. The van der Waals surface area contributed by atoms with Crippen molar-refractivity contribution in [2.24, 2.45) is 0 Å². The first-order chi connectivity index (χ1) is 8.13. The maximum atomic E-state index is 8.50. The monoisotopic (exact) mass is 249 g/mol. The minimum atomic E-state index is 0.284. The number of nitriles is 1. The zero-order valence-electron chi connectivity index (χ0n) is 9.45. The van der Waals surface area contributed by atoms with E-state index in [2.05, 4.69) is 15.3 Å². The number of hydrogen-bond acceptors (Lipinski definition) is 6. The van der Waals surface area contributed by atoms with Crippen LogP contribution in [0.1, 0.15) is 11.4 Å². The van der Waals surface area contributed by atoms with Gasteiger partial charge in [0, 0.05) is 5.69 Å². The molecule has 2 rings (SSSR count). The van der Waals surface area contributed by atoms with Crippen LogP contribution in [0.3, 0.4) is 0 Å². The molecule has 0 aliphatic heterocycles. The normalized spacial score (nSPS) is 10.4. The van der Waals surface area contributed by atoms with E-state index >= 15 is 0 Å². The predicted octanol–water partition coefficient (Wildman–Crippen LogP) is 0.410. The van der Waals surface area contributed by atoms with E-state index in [0.717, 1.165) is 11.4 Å². The lowest BCUT2D eigenvalue weighted by Gasteiger charge is -2.03. The zero-order valence-corrected chi connectivity index (χ0v) is 10.3. The second kappa shape index (κ2) is 4.47. The van der Waals surface area contributed by atoms with Crippen LogP contribution in [0.15, 0.2) is 11.2 Å². The highest BCUT2D eigenvalue weighted by Crippen LogP contribution is 2.16. The molecule has 0 fully saturated rings. The van der Waals surface area contributed by atoms with Crippen molar-refractivity contribution in [2.45, 2.75) is 19.0 Å². The van der Waals surface area contributed by atoms with Crippen LogP contribution < -0.4 is 5.84 Å². The van der Waals surface area contributed by atoms with Crippen LogP contribution >= 0.6 is 11.8 Å². The van der Waals surface area contributed by atoms with E-state index in [0.29, 0.717) is 11.1 Å². The van der Waals surface area contributed by atoms with Gasteiger partial charge in [-0.25, -0.2) is 9.36 Å². The number of hydrogen-bond donors (Lipinski definition) is 1. The van der Waals surface area contributed by atoms with E-state index in [1.165, 1.54) is 16.4 Å². The Morgan fingerprint density at radius 2 is 2.24 bits per heavy atom. The lowest BCUT2D eigenvalue weighted by atomic mass is 10.4. The molecule has 0 amide bonds. The molecule has 0 spiro atoms. The maximum Gasteiger partial charge on any atom is 0.271 e. The number of nitrogen functional groups attached to an aromatic ring is 1. The van der Waals surface area contributed by atoms with Crippen molar-refractivity contribution < 1.29 is 0 Å². The van der Waals surface area contributed by atoms with Crippen LogP contribution in [0, 0.1) is 25.2 Å². The Kier molecular flexibility index (Phi) is 3.01. The molecule has 17 heavy (non-hydrogen) atoms. The van der Waals surface area contributed by atoms with Gasteiger partial charge < -0.3 is 5.84 Å². The summed E-state index contributed by atoms with van der Waals surface area (Å²) < 4.78 is 2.96.